The van der Waals surface area contributed by atoms with Gasteiger partial charge in [-0.05, 0) is 66.1 Å². The summed E-state index contributed by atoms with van der Waals surface area (Å²) < 4.78 is 0. The van der Waals surface area contributed by atoms with Crippen LogP contribution in [-0.4, -0.2) is 47.2 Å². The van der Waals surface area contributed by atoms with Crippen molar-refractivity contribution in [2.75, 3.05) is 19.6 Å². The summed E-state index contributed by atoms with van der Waals surface area (Å²) in [5.41, 5.74) is -0.807. The Morgan fingerprint density at radius 2 is 1.74 bits per heavy atom. The van der Waals surface area contributed by atoms with Crippen LogP contribution in [0.5, 0.6) is 0 Å². The monoisotopic (exact) mass is 272 g/mol. The van der Waals surface area contributed by atoms with Crippen LogP contribution in [0, 0.1) is 0 Å². The number of nitrogens with one attached hydrogen (secondary N) is 1. The molecule has 0 fully saturated rings. The van der Waals surface area contributed by atoms with Gasteiger partial charge in [-0.15, -0.1) is 0 Å². The molecule has 1 atom stereocenters. The molecule has 0 aliphatic carbocycles. The molecule has 2 N–H and O–H groups in total. The number of carboxylic acid groups (broad SMARTS) is 1. The smallest absolute Gasteiger partial charge is 0.323 e. The maximum atomic E-state index is 11.4. The maximum absolute atomic E-state index is 11.4. The number of carboxylic acids is 1. The van der Waals surface area contributed by atoms with Gasteiger partial charge in [-0.1, -0.05) is 13.8 Å². The van der Waals surface area contributed by atoms with Crippen molar-refractivity contribution in [1.29, 1.82) is 0 Å². The zero-order valence-electron chi connectivity index (χ0n) is 13.3. The van der Waals surface area contributed by atoms with E-state index >= 15 is 0 Å². The summed E-state index contributed by atoms with van der Waals surface area (Å²) in [6, 6.07) is 0.184. The highest BCUT2D eigenvalue weighted by Crippen LogP contribution is 2.15. The van der Waals surface area contributed by atoms with Crippen LogP contribution < -0.4 is 5.32 Å². The van der Waals surface area contributed by atoms with E-state index in [9.17, 15) is 9.90 Å². The molecule has 0 saturated heterocycles. The summed E-state index contributed by atoms with van der Waals surface area (Å²) in [6.07, 6.45) is 3.90. The molecule has 0 bridgehead atoms. The van der Waals surface area contributed by atoms with Crippen molar-refractivity contribution in [2.24, 2.45) is 0 Å². The zero-order valence-corrected chi connectivity index (χ0v) is 13.3. The van der Waals surface area contributed by atoms with Crippen LogP contribution in [0.4, 0.5) is 0 Å². The molecular weight excluding hydrogens is 240 g/mol. The Morgan fingerprint density at radius 3 is 2.11 bits per heavy atom. The molecule has 0 rings (SSSR count). The fourth-order valence-electron chi connectivity index (χ4n) is 2.50. The molecule has 0 aromatic rings. The van der Waals surface area contributed by atoms with E-state index in [0.29, 0.717) is 6.42 Å². The molecule has 0 aromatic carbocycles. The van der Waals surface area contributed by atoms with E-state index in [1.807, 2.05) is 13.8 Å². The van der Waals surface area contributed by atoms with Gasteiger partial charge in [-0.25, -0.2) is 0 Å². The van der Waals surface area contributed by atoms with Crippen molar-refractivity contribution >= 4 is 5.97 Å². The van der Waals surface area contributed by atoms with Crippen molar-refractivity contribution in [3.63, 3.8) is 0 Å². The fraction of sp³-hybridized carbons (Fsp3) is 0.933. The molecule has 0 radical (unpaired) electrons. The first-order valence-corrected chi connectivity index (χ1v) is 7.59. The Labute approximate surface area is 118 Å². The van der Waals surface area contributed by atoms with Gasteiger partial charge < -0.3 is 10.0 Å². The SMILES string of the molecule is CCCN(CCC)CCCC(C)(NC(C)C)C(=O)O. The van der Waals surface area contributed by atoms with E-state index < -0.39 is 11.5 Å². The summed E-state index contributed by atoms with van der Waals surface area (Å²) in [5.74, 6) is -0.751. The number of hydrogen-bond acceptors (Lipinski definition) is 3. The Bertz CT molecular complexity index is 251. The average molecular weight is 272 g/mol. The molecule has 0 spiro atoms. The third-order valence-electron chi connectivity index (χ3n) is 3.31. The molecule has 0 aromatic heterocycles. The number of rotatable bonds is 11. The predicted octanol–water partition coefficient (Wildman–Crippen LogP) is 2.73. The number of hydrogen-bond donors (Lipinski definition) is 2. The van der Waals surface area contributed by atoms with Gasteiger partial charge in [0.15, 0.2) is 0 Å². The Morgan fingerprint density at radius 1 is 1.21 bits per heavy atom. The second kappa shape index (κ2) is 9.32. The van der Waals surface area contributed by atoms with Crippen LogP contribution in [0.3, 0.4) is 0 Å². The van der Waals surface area contributed by atoms with Gasteiger partial charge in [0.25, 0.3) is 0 Å². The van der Waals surface area contributed by atoms with Gasteiger partial charge in [-0.2, -0.15) is 0 Å². The minimum absolute atomic E-state index is 0.184. The summed E-state index contributed by atoms with van der Waals surface area (Å²) >= 11 is 0. The summed E-state index contributed by atoms with van der Waals surface area (Å²) in [4.78, 5) is 13.8. The van der Waals surface area contributed by atoms with Gasteiger partial charge in [-0.3, -0.25) is 10.1 Å². The normalized spacial score (nSPS) is 14.9. The first-order valence-electron chi connectivity index (χ1n) is 7.59. The highest BCUT2D eigenvalue weighted by molar-refractivity contribution is 5.78. The second-order valence-corrected chi connectivity index (χ2v) is 5.88. The Kier molecular flexibility index (Phi) is 9.02. The largest absolute Gasteiger partial charge is 0.480 e. The molecule has 114 valence electrons. The van der Waals surface area contributed by atoms with Gasteiger partial charge >= 0.3 is 5.97 Å². The molecule has 0 heterocycles. The van der Waals surface area contributed by atoms with E-state index in [4.69, 9.17) is 0 Å². The first-order chi connectivity index (χ1) is 8.85. The van der Waals surface area contributed by atoms with E-state index in [1.165, 1.54) is 0 Å². The third-order valence-corrected chi connectivity index (χ3v) is 3.31. The quantitative estimate of drug-likeness (QED) is 0.607. The molecule has 4 nitrogen and oxygen atoms in total. The molecule has 0 amide bonds. The highest BCUT2D eigenvalue weighted by Gasteiger charge is 2.32. The lowest BCUT2D eigenvalue weighted by Gasteiger charge is -2.30. The van der Waals surface area contributed by atoms with Crippen molar-refractivity contribution in [3.8, 4) is 0 Å². The van der Waals surface area contributed by atoms with Crippen LogP contribution in [-0.2, 0) is 4.79 Å². The second-order valence-electron chi connectivity index (χ2n) is 5.88. The third kappa shape index (κ3) is 7.53. The number of aliphatic carboxylic acids is 1. The number of carbonyl (C=O) groups is 1. The molecule has 0 saturated carbocycles. The topological polar surface area (TPSA) is 52.6 Å². The lowest BCUT2D eigenvalue weighted by molar-refractivity contribution is -0.144. The molecule has 19 heavy (non-hydrogen) atoms. The minimum Gasteiger partial charge on any atom is -0.480 e. The minimum atomic E-state index is -0.807. The Balaban J connectivity index is 4.27. The van der Waals surface area contributed by atoms with Crippen molar-refractivity contribution < 1.29 is 9.90 Å². The van der Waals surface area contributed by atoms with Crippen LogP contribution in [0.1, 0.15) is 60.3 Å². The van der Waals surface area contributed by atoms with E-state index in [0.717, 1.165) is 38.9 Å². The predicted molar refractivity (Wildman–Crippen MR) is 80.6 cm³/mol. The van der Waals surface area contributed by atoms with E-state index in [-0.39, 0.29) is 6.04 Å². The van der Waals surface area contributed by atoms with Crippen LogP contribution in [0.25, 0.3) is 0 Å². The zero-order chi connectivity index (χ0) is 14.9. The van der Waals surface area contributed by atoms with Gasteiger partial charge in [0.05, 0.1) is 0 Å². The summed E-state index contributed by atoms with van der Waals surface area (Å²) in [7, 11) is 0. The molecular formula is C15H32N2O2. The van der Waals surface area contributed by atoms with E-state index in [1.54, 1.807) is 6.92 Å². The fourth-order valence-corrected chi connectivity index (χ4v) is 2.50. The lowest BCUT2D eigenvalue weighted by Crippen LogP contribution is -2.52. The molecule has 0 aliphatic rings. The van der Waals surface area contributed by atoms with Crippen LogP contribution >= 0.6 is 0 Å². The van der Waals surface area contributed by atoms with E-state index in [2.05, 4.69) is 24.1 Å². The first kappa shape index (κ1) is 18.4. The maximum Gasteiger partial charge on any atom is 0.323 e. The molecule has 4 heteroatoms. The van der Waals surface area contributed by atoms with Crippen molar-refractivity contribution in [3.05, 3.63) is 0 Å². The number of nitrogens with zero attached hydrogens (tertiary/aromatic N) is 1. The summed E-state index contributed by atoms with van der Waals surface area (Å²) in [6.45, 7) is 13.3. The van der Waals surface area contributed by atoms with Gasteiger partial charge in [0.1, 0.15) is 5.54 Å². The molecule has 0 aliphatic heterocycles. The van der Waals surface area contributed by atoms with Crippen LogP contribution in [0.15, 0.2) is 0 Å². The van der Waals surface area contributed by atoms with Gasteiger partial charge in [0.2, 0.25) is 0 Å². The van der Waals surface area contributed by atoms with Gasteiger partial charge in [0, 0.05) is 6.04 Å². The van der Waals surface area contributed by atoms with Crippen molar-refractivity contribution in [1.82, 2.24) is 10.2 Å². The Hall–Kier alpha value is -0.610. The van der Waals surface area contributed by atoms with Crippen molar-refractivity contribution in [2.45, 2.75) is 71.9 Å². The van der Waals surface area contributed by atoms with Crippen LogP contribution in [0.2, 0.25) is 0 Å². The standard InChI is InChI=1S/C15H32N2O2/c1-6-10-17(11-7-2)12-8-9-15(5,14(18)19)16-13(3)4/h13,16H,6-12H2,1-5H3,(H,18,19). The molecule has 1 unspecified atom stereocenters. The lowest BCUT2D eigenvalue weighted by atomic mass is 9.94. The highest BCUT2D eigenvalue weighted by atomic mass is 16.4. The summed E-state index contributed by atoms with van der Waals surface area (Å²) in [5, 5.41) is 12.6. The average Bonchev–Trinajstić information content (AvgIpc) is 2.28.